The molecule has 0 radical (unpaired) electrons. The van der Waals surface area contributed by atoms with Gasteiger partial charge in [0.25, 0.3) is 0 Å². The van der Waals surface area contributed by atoms with Gasteiger partial charge in [0.05, 0.1) is 12.2 Å². The number of hydrogen-bond acceptors (Lipinski definition) is 4. The van der Waals surface area contributed by atoms with Crippen molar-refractivity contribution in [2.24, 2.45) is 5.92 Å². The van der Waals surface area contributed by atoms with Gasteiger partial charge >= 0.3 is 0 Å². The molecule has 108 valence electrons. The molecule has 0 amide bonds. The van der Waals surface area contributed by atoms with Crippen LogP contribution in [-0.4, -0.2) is 28.7 Å². The molecular weight excluding hydrogens is 238 g/mol. The predicted octanol–water partition coefficient (Wildman–Crippen LogP) is 2.79. The lowest BCUT2D eigenvalue weighted by Crippen LogP contribution is -2.33. The quantitative estimate of drug-likeness (QED) is 0.785. The Morgan fingerprint density at radius 3 is 2.68 bits per heavy atom. The van der Waals surface area contributed by atoms with Crippen LogP contribution < -0.4 is 5.32 Å². The monoisotopic (exact) mass is 265 g/mol. The Kier molecular flexibility index (Phi) is 4.99. The molecule has 0 unspecified atom stereocenters. The molecule has 0 aromatic carbocycles. The maximum Gasteiger partial charge on any atom is 0.151 e. The summed E-state index contributed by atoms with van der Waals surface area (Å²) in [4.78, 5) is 2.43. The Hall–Kier alpha value is -0.870. The Labute approximate surface area is 116 Å². The summed E-state index contributed by atoms with van der Waals surface area (Å²) in [6.45, 7) is 11.7. The van der Waals surface area contributed by atoms with Crippen LogP contribution in [0.5, 0.6) is 0 Å². The fourth-order valence-corrected chi connectivity index (χ4v) is 2.18. The average Bonchev–Trinajstić information content (AvgIpc) is 3.05. The third-order valence-corrected chi connectivity index (χ3v) is 3.45. The first kappa shape index (κ1) is 14.5. The van der Waals surface area contributed by atoms with Crippen molar-refractivity contribution in [3.8, 4) is 0 Å². The molecule has 1 fully saturated rings. The summed E-state index contributed by atoms with van der Waals surface area (Å²) in [6.07, 6.45) is 2.61. The molecule has 0 saturated heterocycles. The first-order valence-electron chi connectivity index (χ1n) is 7.46. The SMILES string of the molecule is CC(C)CN(Cc1cc(CNC2CC2)no1)C(C)C. The summed E-state index contributed by atoms with van der Waals surface area (Å²) in [5.41, 5.74) is 1.02. The van der Waals surface area contributed by atoms with Gasteiger partial charge in [-0.3, -0.25) is 4.90 Å². The minimum Gasteiger partial charge on any atom is -0.360 e. The fraction of sp³-hybridized carbons (Fsp3) is 0.800. The molecule has 0 atom stereocenters. The maximum absolute atomic E-state index is 5.45. The van der Waals surface area contributed by atoms with E-state index in [1.165, 1.54) is 12.8 Å². The summed E-state index contributed by atoms with van der Waals surface area (Å²) >= 11 is 0. The van der Waals surface area contributed by atoms with Gasteiger partial charge in [-0.2, -0.15) is 0 Å². The summed E-state index contributed by atoms with van der Waals surface area (Å²) in [5, 5.41) is 7.60. The van der Waals surface area contributed by atoms with E-state index in [-0.39, 0.29) is 0 Å². The Morgan fingerprint density at radius 2 is 2.11 bits per heavy atom. The van der Waals surface area contributed by atoms with Crippen molar-refractivity contribution in [3.05, 3.63) is 17.5 Å². The average molecular weight is 265 g/mol. The molecule has 19 heavy (non-hydrogen) atoms. The first-order valence-corrected chi connectivity index (χ1v) is 7.46. The van der Waals surface area contributed by atoms with E-state index >= 15 is 0 Å². The standard InChI is InChI=1S/C15H27N3O/c1-11(2)9-18(12(3)4)10-15-7-14(17-19-15)8-16-13-5-6-13/h7,11-13,16H,5-6,8-10H2,1-4H3. The highest BCUT2D eigenvalue weighted by atomic mass is 16.5. The number of hydrogen-bond donors (Lipinski definition) is 1. The van der Waals surface area contributed by atoms with Gasteiger partial charge in [0, 0.05) is 31.2 Å². The molecule has 1 aromatic heterocycles. The number of rotatable bonds is 8. The zero-order valence-corrected chi connectivity index (χ0v) is 12.6. The van der Waals surface area contributed by atoms with Gasteiger partial charge < -0.3 is 9.84 Å². The summed E-state index contributed by atoms with van der Waals surface area (Å²) in [6, 6.07) is 3.33. The summed E-state index contributed by atoms with van der Waals surface area (Å²) in [7, 11) is 0. The minimum atomic E-state index is 0.528. The van der Waals surface area contributed by atoms with Gasteiger partial charge in [-0.25, -0.2) is 0 Å². The molecule has 1 saturated carbocycles. The lowest BCUT2D eigenvalue weighted by molar-refractivity contribution is 0.169. The van der Waals surface area contributed by atoms with Gasteiger partial charge in [0.1, 0.15) is 0 Å². The van der Waals surface area contributed by atoms with Gasteiger partial charge in [0.2, 0.25) is 0 Å². The number of nitrogens with zero attached hydrogens (tertiary/aromatic N) is 2. The maximum atomic E-state index is 5.45. The largest absolute Gasteiger partial charge is 0.360 e. The van der Waals surface area contributed by atoms with Crippen LogP contribution in [0.25, 0.3) is 0 Å². The van der Waals surface area contributed by atoms with Gasteiger partial charge in [-0.05, 0) is 32.6 Å². The van der Waals surface area contributed by atoms with Crippen LogP contribution in [0.1, 0.15) is 52.0 Å². The minimum absolute atomic E-state index is 0.528. The highest BCUT2D eigenvalue weighted by molar-refractivity contribution is 5.06. The van der Waals surface area contributed by atoms with Gasteiger partial charge in [-0.15, -0.1) is 0 Å². The molecule has 4 heteroatoms. The van der Waals surface area contributed by atoms with E-state index in [1.54, 1.807) is 0 Å². The molecule has 1 N–H and O–H groups in total. The molecule has 2 rings (SSSR count). The Bertz CT molecular complexity index is 382. The molecule has 4 nitrogen and oxygen atoms in total. The van der Waals surface area contributed by atoms with E-state index in [2.05, 4.69) is 49.1 Å². The van der Waals surface area contributed by atoms with Crippen molar-refractivity contribution in [1.82, 2.24) is 15.4 Å². The van der Waals surface area contributed by atoms with E-state index in [9.17, 15) is 0 Å². The van der Waals surface area contributed by atoms with E-state index < -0.39 is 0 Å². The van der Waals surface area contributed by atoms with Crippen LogP contribution in [-0.2, 0) is 13.1 Å². The molecule has 1 heterocycles. The Balaban J connectivity index is 1.85. The molecule has 1 aromatic rings. The van der Waals surface area contributed by atoms with Gasteiger partial charge in [-0.1, -0.05) is 19.0 Å². The highest BCUT2D eigenvalue weighted by Gasteiger charge is 2.21. The van der Waals surface area contributed by atoms with Crippen molar-refractivity contribution in [3.63, 3.8) is 0 Å². The molecule has 1 aliphatic rings. The van der Waals surface area contributed by atoms with Crippen molar-refractivity contribution in [1.29, 1.82) is 0 Å². The van der Waals surface area contributed by atoms with Crippen LogP contribution in [0, 0.1) is 5.92 Å². The zero-order valence-electron chi connectivity index (χ0n) is 12.6. The second-order valence-corrected chi connectivity index (χ2v) is 6.36. The number of nitrogens with one attached hydrogen (secondary N) is 1. The van der Waals surface area contributed by atoms with E-state index in [1.807, 2.05) is 0 Å². The first-order chi connectivity index (χ1) is 9.04. The normalized spacial score (nSPS) is 15.9. The lowest BCUT2D eigenvalue weighted by atomic mass is 10.1. The topological polar surface area (TPSA) is 41.3 Å². The van der Waals surface area contributed by atoms with Crippen LogP contribution in [0.4, 0.5) is 0 Å². The van der Waals surface area contributed by atoms with E-state index in [0.717, 1.165) is 31.1 Å². The zero-order chi connectivity index (χ0) is 13.8. The predicted molar refractivity (Wildman–Crippen MR) is 76.7 cm³/mol. The third-order valence-electron chi connectivity index (χ3n) is 3.45. The molecule has 0 bridgehead atoms. The Morgan fingerprint density at radius 1 is 1.37 bits per heavy atom. The molecular formula is C15H27N3O. The van der Waals surface area contributed by atoms with Crippen molar-refractivity contribution in [2.45, 2.75) is 65.7 Å². The van der Waals surface area contributed by atoms with E-state index in [4.69, 9.17) is 4.52 Å². The third kappa shape index (κ3) is 4.96. The van der Waals surface area contributed by atoms with Crippen molar-refractivity contribution in [2.75, 3.05) is 6.54 Å². The van der Waals surface area contributed by atoms with Gasteiger partial charge in [0.15, 0.2) is 5.76 Å². The summed E-state index contributed by atoms with van der Waals surface area (Å²) in [5.74, 6) is 1.64. The highest BCUT2D eigenvalue weighted by Crippen LogP contribution is 2.19. The second kappa shape index (κ2) is 6.53. The van der Waals surface area contributed by atoms with Crippen LogP contribution in [0.2, 0.25) is 0 Å². The molecule has 0 spiro atoms. The number of aromatic nitrogens is 1. The lowest BCUT2D eigenvalue weighted by Gasteiger charge is -2.26. The van der Waals surface area contributed by atoms with E-state index in [0.29, 0.717) is 18.0 Å². The van der Waals surface area contributed by atoms with Crippen LogP contribution in [0.15, 0.2) is 10.6 Å². The molecule has 1 aliphatic carbocycles. The second-order valence-electron chi connectivity index (χ2n) is 6.36. The van der Waals surface area contributed by atoms with Crippen LogP contribution in [0.3, 0.4) is 0 Å². The van der Waals surface area contributed by atoms with Crippen molar-refractivity contribution >= 4 is 0 Å². The fourth-order valence-electron chi connectivity index (χ4n) is 2.18. The molecule has 0 aliphatic heterocycles. The smallest absolute Gasteiger partial charge is 0.151 e. The van der Waals surface area contributed by atoms with Crippen LogP contribution >= 0.6 is 0 Å². The summed E-state index contributed by atoms with van der Waals surface area (Å²) < 4.78 is 5.45. The van der Waals surface area contributed by atoms with Crippen molar-refractivity contribution < 1.29 is 4.52 Å².